The normalized spacial score (nSPS) is 12.2. The van der Waals surface area contributed by atoms with E-state index < -0.39 is 0 Å². The molecule has 19 heavy (non-hydrogen) atoms. The predicted molar refractivity (Wildman–Crippen MR) is 82.0 cm³/mol. The van der Waals surface area contributed by atoms with Gasteiger partial charge in [0.15, 0.2) is 0 Å². The van der Waals surface area contributed by atoms with Crippen LogP contribution in [-0.2, 0) is 0 Å². The lowest BCUT2D eigenvalue weighted by molar-refractivity contribution is 0.0945. The van der Waals surface area contributed by atoms with E-state index in [4.69, 9.17) is 0 Å². The summed E-state index contributed by atoms with van der Waals surface area (Å²) >= 11 is 3.44. The number of carbonyl (C=O) groups excluding carboxylic acids is 1. The molecule has 0 aliphatic heterocycles. The van der Waals surface area contributed by atoms with Crippen LogP contribution in [0.3, 0.4) is 0 Å². The number of aryl methyl sites for hydroxylation is 1. The van der Waals surface area contributed by atoms with Crippen molar-refractivity contribution in [1.29, 1.82) is 0 Å². The van der Waals surface area contributed by atoms with Crippen molar-refractivity contribution in [3.05, 3.63) is 29.3 Å². The Kier molecular flexibility index (Phi) is 6.92. The number of phenolic OH excluding ortho intramolecular Hbond substituents is 1. The average molecular weight is 328 g/mol. The smallest absolute Gasteiger partial charge is 0.251 e. The lowest BCUT2D eigenvalue weighted by Crippen LogP contribution is -2.29. The lowest BCUT2D eigenvalue weighted by atomic mass is 10.0. The first-order valence-electron chi connectivity index (χ1n) is 6.72. The van der Waals surface area contributed by atoms with Crippen molar-refractivity contribution in [1.82, 2.24) is 5.32 Å². The Morgan fingerprint density at radius 2 is 2.16 bits per heavy atom. The molecule has 0 spiro atoms. The fourth-order valence-electron chi connectivity index (χ4n) is 2.00. The van der Waals surface area contributed by atoms with Crippen LogP contribution in [0.15, 0.2) is 18.2 Å². The van der Waals surface area contributed by atoms with Crippen LogP contribution in [0.4, 0.5) is 0 Å². The minimum absolute atomic E-state index is 0.119. The van der Waals surface area contributed by atoms with Crippen LogP contribution in [0.1, 0.15) is 42.1 Å². The van der Waals surface area contributed by atoms with Gasteiger partial charge >= 0.3 is 0 Å². The van der Waals surface area contributed by atoms with Crippen molar-refractivity contribution in [2.24, 2.45) is 5.92 Å². The maximum absolute atomic E-state index is 12.0. The van der Waals surface area contributed by atoms with E-state index in [9.17, 15) is 9.90 Å². The number of carbonyl (C=O) groups is 1. The van der Waals surface area contributed by atoms with Crippen molar-refractivity contribution < 1.29 is 9.90 Å². The Hall–Kier alpha value is -1.03. The summed E-state index contributed by atoms with van der Waals surface area (Å²) in [6.07, 6.45) is 3.30. The van der Waals surface area contributed by atoms with E-state index in [0.29, 0.717) is 18.0 Å². The van der Waals surface area contributed by atoms with E-state index in [1.807, 2.05) is 6.92 Å². The first-order valence-corrected chi connectivity index (χ1v) is 7.84. The third kappa shape index (κ3) is 5.23. The highest BCUT2D eigenvalue weighted by Crippen LogP contribution is 2.17. The Bertz CT molecular complexity index is 415. The van der Waals surface area contributed by atoms with Gasteiger partial charge in [-0.1, -0.05) is 35.3 Å². The zero-order valence-corrected chi connectivity index (χ0v) is 13.2. The molecular formula is C15H22BrNO2. The Labute approximate surface area is 123 Å². The molecule has 0 aliphatic carbocycles. The van der Waals surface area contributed by atoms with Gasteiger partial charge in [0, 0.05) is 17.4 Å². The third-order valence-electron chi connectivity index (χ3n) is 3.24. The molecule has 106 valence electrons. The molecule has 1 aromatic rings. The second-order valence-corrected chi connectivity index (χ2v) is 5.64. The number of aromatic hydroxyl groups is 1. The summed E-state index contributed by atoms with van der Waals surface area (Å²) in [7, 11) is 0. The molecule has 0 radical (unpaired) electrons. The fraction of sp³-hybridized carbons (Fsp3) is 0.533. The Morgan fingerprint density at radius 1 is 1.42 bits per heavy atom. The summed E-state index contributed by atoms with van der Waals surface area (Å²) in [6.45, 7) is 4.65. The summed E-state index contributed by atoms with van der Waals surface area (Å²) < 4.78 is 0. The number of hydrogen-bond donors (Lipinski definition) is 2. The largest absolute Gasteiger partial charge is 0.508 e. The van der Waals surface area contributed by atoms with Crippen LogP contribution < -0.4 is 5.32 Å². The van der Waals surface area contributed by atoms with Crippen LogP contribution in [0.5, 0.6) is 5.75 Å². The minimum atomic E-state index is -0.119. The lowest BCUT2D eigenvalue weighted by Gasteiger charge is -2.15. The Morgan fingerprint density at radius 3 is 2.74 bits per heavy atom. The van der Waals surface area contributed by atoms with Crippen LogP contribution in [0.25, 0.3) is 0 Å². The number of halogens is 1. The molecule has 0 bridgehead atoms. The number of phenols is 1. The molecule has 0 aliphatic rings. The number of nitrogens with one attached hydrogen (secondary N) is 1. The Balaban J connectivity index is 2.56. The summed E-state index contributed by atoms with van der Waals surface area (Å²) in [4.78, 5) is 12.0. The van der Waals surface area contributed by atoms with E-state index >= 15 is 0 Å². The molecule has 1 atom stereocenters. The molecule has 3 nitrogen and oxygen atoms in total. The van der Waals surface area contributed by atoms with Crippen molar-refractivity contribution in [3.8, 4) is 5.75 Å². The van der Waals surface area contributed by atoms with Crippen LogP contribution in [-0.4, -0.2) is 22.9 Å². The highest BCUT2D eigenvalue weighted by atomic mass is 79.9. The van der Waals surface area contributed by atoms with Crippen LogP contribution in [0, 0.1) is 12.8 Å². The number of alkyl halides is 1. The molecule has 1 amide bonds. The van der Waals surface area contributed by atoms with Gasteiger partial charge in [0.05, 0.1) is 0 Å². The second-order valence-electron chi connectivity index (χ2n) is 4.84. The summed E-state index contributed by atoms with van der Waals surface area (Å²) in [5.74, 6) is 0.552. The average Bonchev–Trinajstić information content (AvgIpc) is 2.39. The topological polar surface area (TPSA) is 49.3 Å². The standard InChI is InChI=1S/C15H22BrNO2/c1-3-4-12(7-8-16)10-17-15(19)13-6-5-11(2)14(18)9-13/h5-6,9,12,18H,3-4,7-8,10H2,1-2H3,(H,17,19). The van der Waals surface area contributed by atoms with Gasteiger partial charge in [0.2, 0.25) is 0 Å². The van der Waals surface area contributed by atoms with Gasteiger partial charge in [-0.25, -0.2) is 0 Å². The van der Waals surface area contributed by atoms with E-state index in [1.54, 1.807) is 12.1 Å². The molecule has 0 saturated heterocycles. The molecular weight excluding hydrogens is 306 g/mol. The zero-order chi connectivity index (χ0) is 14.3. The molecule has 2 N–H and O–H groups in total. The summed E-state index contributed by atoms with van der Waals surface area (Å²) in [6, 6.07) is 5.01. The SMILES string of the molecule is CCCC(CCBr)CNC(=O)c1ccc(C)c(O)c1. The summed E-state index contributed by atoms with van der Waals surface area (Å²) in [5, 5.41) is 13.5. The first-order chi connectivity index (χ1) is 9.08. The first kappa shape index (κ1) is 16.0. The highest BCUT2D eigenvalue weighted by molar-refractivity contribution is 9.09. The minimum Gasteiger partial charge on any atom is -0.508 e. The van der Waals surface area contributed by atoms with Gasteiger partial charge in [-0.2, -0.15) is 0 Å². The molecule has 0 fully saturated rings. The number of amides is 1. The number of rotatable bonds is 7. The molecule has 0 aromatic heterocycles. The van der Waals surface area contributed by atoms with E-state index in [-0.39, 0.29) is 11.7 Å². The summed E-state index contributed by atoms with van der Waals surface area (Å²) in [5.41, 5.74) is 1.29. The maximum atomic E-state index is 12.0. The molecule has 1 unspecified atom stereocenters. The molecule has 0 saturated carbocycles. The van der Waals surface area contributed by atoms with Gasteiger partial charge < -0.3 is 10.4 Å². The number of hydrogen-bond acceptors (Lipinski definition) is 2. The van der Waals surface area contributed by atoms with Gasteiger partial charge in [-0.3, -0.25) is 4.79 Å². The van der Waals surface area contributed by atoms with Gasteiger partial charge in [0.25, 0.3) is 5.91 Å². The van der Waals surface area contributed by atoms with E-state index in [2.05, 4.69) is 28.2 Å². The van der Waals surface area contributed by atoms with Crippen molar-refractivity contribution in [2.45, 2.75) is 33.1 Å². The van der Waals surface area contributed by atoms with Gasteiger partial charge in [-0.05, 0) is 43.4 Å². The van der Waals surface area contributed by atoms with Gasteiger partial charge in [0.1, 0.15) is 5.75 Å². The molecule has 1 aromatic carbocycles. The zero-order valence-electron chi connectivity index (χ0n) is 11.6. The van der Waals surface area contributed by atoms with Crippen LogP contribution >= 0.6 is 15.9 Å². The molecule has 0 heterocycles. The quantitative estimate of drug-likeness (QED) is 0.751. The van der Waals surface area contributed by atoms with E-state index in [1.165, 1.54) is 6.07 Å². The molecule has 4 heteroatoms. The maximum Gasteiger partial charge on any atom is 0.251 e. The molecule has 1 rings (SSSR count). The van der Waals surface area contributed by atoms with Crippen molar-refractivity contribution in [3.63, 3.8) is 0 Å². The highest BCUT2D eigenvalue weighted by Gasteiger charge is 2.11. The monoisotopic (exact) mass is 327 g/mol. The predicted octanol–water partition coefficient (Wildman–Crippen LogP) is 3.63. The number of benzene rings is 1. The van der Waals surface area contributed by atoms with Crippen molar-refractivity contribution >= 4 is 21.8 Å². The van der Waals surface area contributed by atoms with Crippen LogP contribution in [0.2, 0.25) is 0 Å². The fourth-order valence-corrected chi connectivity index (χ4v) is 2.65. The third-order valence-corrected chi connectivity index (χ3v) is 3.69. The van der Waals surface area contributed by atoms with Crippen molar-refractivity contribution in [2.75, 3.05) is 11.9 Å². The van der Waals surface area contributed by atoms with Gasteiger partial charge in [-0.15, -0.1) is 0 Å². The van der Waals surface area contributed by atoms with E-state index in [0.717, 1.165) is 30.2 Å². The second kappa shape index (κ2) is 8.20.